The molecule has 1 saturated heterocycles. The largest absolute Gasteiger partial charge is 0.358 e. The van der Waals surface area contributed by atoms with E-state index in [-0.39, 0.29) is 42.5 Å². The molecule has 3 N–H and O–H groups in total. The van der Waals surface area contributed by atoms with Crippen molar-refractivity contribution >= 4 is 35.1 Å². The maximum absolute atomic E-state index is 12.4. The summed E-state index contributed by atoms with van der Waals surface area (Å²) in [5, 5.41) is 3.69. The summed E-state index contributed by atoms with van der Waals surface area (Å²) in [6, 6.07) is 0.309. The van der Waals surface area contributed by atoms with E-state index in [2.05, 4.69) is 30.0 Å². The molecule has 2 aliphatic carbocycles. The molecule has 28 heavy (non-hydrogen) atoms. The van der Waals surface area contributed by atoms with Gasteiger partial charge in [0.1, 0.15) is 0 Å². The van der Waals surface area contributed by atoms with Crippen LogP contribution in [0.1, 0.15) is 65.2 Å². The van der Waals surface area contributed by atoms with E-state index in [1.165, 1.54) is 17.7 Å². The molecule has 0 bridgehead atoms. The molecule has 0 aromatic carbocycles. The van der Waals surface area contributed by atoms with Gasteiger partial charge in [0.2, 0.25) is 17.7 Å². The highest BCUT2D eigenvalue weighted by Gasteiger charge is 2.47. The minimum absolute atomic E-state index is 0.0728. The van der Waals surface area contributed by atoms with Gasteiger partial charge < -0.3 is 5.32 Å². The summed E-state index contributed by atoms with van der Waals surface area (Å²) in [6.45, 7) is 4.62. The summed E-state index contributed by atoms with van der Waals surface area (Å²) in [4.78, 5) is 38.3. The Balaban J connectivity index is 1.39. The molecule has 5 atom stereocenters. The monoisotopic (exact) mass is 408 g/mol. The van der Waals surface area contributed by atoms with Gasteiger partial charge in [0.05, 0.1) is 11.8 Å². The predicted molar refractivity (Wildman–Crippen MR) is 110 cm³/mol. The van der Waals surface area contributed by atoms with Crippen molar-refractivity contribution < 1.29 is 14.4 Å². The average Bonchev–Trinajstić information content (AvgIpc) is 2.93. The fourth-order valence-electron chi connectivity index (χ4n) is 4.84. The second-order valence-corrected chi connectivity index (χ2v) is 9.00. The first-order valence-corrected chi connectivity index (χ1v) is 11.0. The standard InChI is InChI=1S/C20H32N4O3S/c1-12-6-5-9-16(13(12)2)21-20(28)23-22-17(25)10-11-24-18(26)14-7-3-4-8-15(14)19(24)27/h12-16H,3-11H2,1-2H3,(H,22,25)(H2,21,23,28)/t12-,13-,14-,15+,16-/m1/s1. The number of fused-ring (bicyclic) bond motifs is 1. The Hall–Kier alpha value is -1.70. The minimum atomic E-state index is -0.287. The van der Waals surface area contributed by atoms with Crippen LogP contribution < -0.4 is 16.2 Å². The molecule has 3 rings (SSSR count). The number of hydrazine groups is 1. The molecule has 1 aliphatic heterocycles. The van der Waals surface area contributed by atoms with Crippen molar-refractivity contribution in [2.24, 2.45) is 23.7 Å². The normalized spacial score (nSPS) is 32.6. The Labute approximate surface area is 172 Å². The lowest BCUT2D eigenvalue weighted by Gasteiger charge is -2.35. The van der Waals surface area contributed by atoms with Crippen molar-refractivity contribution in [3.05, 3.63) is 0 Å². The summed E-state index contributed by atoms with van der Waals surface area (Å²) in [5.74, 6) is 0.353. The molecule has 0 aromatic heterocycles. The van der Waals surface area contributed by atoms with Crippen LogP contribution in [0.15, 0.2) is 0 Å². The van der Waals surface area contributed by atoms with Crippen LogP contribution in [-0.4, -0.2) is 40.3 Å². The van der Waals surface area contributed by atoms with Gasteiger partial charge in [-0.2, -0.15) is 0 Å². The third-order valence-corrected chi connectivity index (χ3v) is 7.05. The summed E-state index contributed by atoms with van der Waals surface area (Å²) in [7, 11) is 0. The number of hydrogen-bond donors (Lipinski definition) is 3. The van der Waals surface area contributed by atoms with E-state index < -0.39 is 0 Å². The Morgan fingerprint density at radius 1 is 1.00 bits per heavy atom. The van der Waals surface area contributed by atoms with Crippen molar-refractivity contribution in [3.8, 4) is 0 Å². The third-order valence-electron chi connectivity index (χ3n) is 6.83. The number of carbonyl (C=O) groups excluding carboxylic acids is 3. The molecular formula is C20H32N4O3S. The Morgan fingerprint density at radius 3 is 2.29 bits per heavy atom. The van der Waals surface area contributed by atoms with Crippen LogP contribution in [0, 0.1) is 23.7 Å². The zero-order valence-corrected chi connectivity index (χ0v) is 17.6. The van der Waals surface area contributed by atoms with E-state index in [0.29, 0.717) is 23.0 Å². The quantitative estimate of drug-likeness (QED) is 0.374. The van der Waals surface area contributed by atoms with E-state index in [0.717, 1.165) is 32.1 Å². The van der Waals surface area contributed by atoms with Crippen LogP contribution in [0.25, 0.3) is 0 Å². The number of rotatable bonds is 4. The van der Waals surface area contributed by atoms with Crippen molar-refractivity contribution in [2.75, 3.05) is 6.54 Å². The topological polar surface area (TPSA) is 90.5 Å². The third kappa shape index (κ3) is 4.64. The van der Waals surface area contributed by atoms with E-state index in [1.54, 1.807) is 0 Å². The zero-order valence-electron chi connectivity index (χ0n) is 16.8. The Bertz CT molecular complexity index is 617. The van der Waals surface area contributed by atoms with Gasteiger partial charge in [-0.1, -0.05) is 39.5 Å². The summed E-state index contributed by atoms with van der Waals surface area (Å²) >= 11 is 5.29. The highest BCUT2D eigenvalue weighted by molar-refractivity contribution is 7.80. The summed E-state index contributed by atoms with van der Waals surface area (Å²) in [5.41, 5.74) is 5.32. The number of nitrogens with one attached hydrogen (secondary N) is 3. The molecular weight excluding hydrogens is 376 g/mol. The molecule has 0 aromatic rings. The molecule has 156 valence electrons. The number of thiocarbonyl (C=S) groups is 1. The van der Waals surface area contributed by atoms with E-state index >= 15 is 0 Å². The number of amides is 3. The number of likely N-dealkylation sites (tertiary alicyclic amines) is 1. The first-order valence-electron chi connectivity index (χ1n) is 10.6. The number of hydrogen-bond acceptors (Lipinski definition) is 4. The maximum atomic E-state index is 12.4. The van der Waals surface area contributed by atoms with Crippen LogP contribution in [0.5, 0.6) is 0 Å². The molecule has 7 nitrogen and oxygen atoms in total. The van der Waals surface area contributed by atoms with Crippen molar-refractivity contribution in [1.29, 1.82) is 0 Å². The van der Waals surface area contributed by atoms with E-state index in [4.69, 9.17) is 12.2 Å². The second kappa shape index (κ2) is 9.20. The van der Waals surface area contributed by atoms with Gasteiger partial charge in [-0.25, -0.2) is 0 Å². The fourth-order valence-corrected chi connectivity index (χ4v) is 5.05. The number of carbonyl (C=O) groups is 3. The van der Waals surface area contributed by atoms with Gasteiger partial charge >= 0.3 is 0 Å². The molecule has 0 unspecified atom stereocenters. The van der Waals surface area contributed by atoms with Gasteiger partial charge in [-0.3, -0.25) is 30.1 Å². The maximum Gasteiger partial charge on any atom is 0.240 e. The highest BCUT2D eigenvalue weighted by atomic mass is 32.1. The van der Waals surface area contributed by atoms with Crippen molar-refractivity contribution in [1.82, 2.24) is 21.1 Å². The summed E-state index contributed by atoms with van der Waals surface area (Å²) < 4.78 is 0. The lowest BCUT2D eigenvalue weighted by Crippen LogP contribution is -2.52. The molecule has 0 spiro atoms. The second-order valence-electron chi connectivity index (χ2n) is 8.60. The van der Waals surface area contributed by atoms with Crippen molar-refractivity contribution in [3.63, 3.8) is 0 Å². The fraction of sp³-hybridized carbons (Fsp3) is 0.800. The molecule has 0 radical (unpaired) electrons. The molecule has 8 heteroatoms. The lowest BCUT2D eigenvalue weighted by atomic mass is 9.78. The smallest absolute Gasteiger partial charge is 0.240 e. The lowest BCUT2D eigenvalue weighted by molar-refractivity contribution is -0.140. The first kappa shape index (κ1) is 21.0. The first-order chi connectivity index (χ1) is 13.4. The Morgan fingerprint density at radius 2 is 1.64 bits per heavy atom. The average molecular weight is 409 g/mol. The number of nitrogens with zero attached hydrogens (tertiary/aromatic N) is 1. The zero-order chi connectivity index (χ0) is 20.3. The SMILES string of the molecule is C[C@@H]1[C@H](C)CCC[C@H]1NC(=S)NNC(=O)CCN1C(=O)[C@H]2CCCC[C@H]2C1=O. The van der Waals surface area contributed by atoms with Crippen molar-refractivity contribution in [2.45, 2.75) is 71.3 Å². The highest BCUT2D eigenvalue weighted by Crippen LogP contribution is 2.38. The van der Waals surface area contributed by atoms with Gasteiger partial charge in [-0.15, -0.1) is 0 Å². The van der Waals surface area contributed by atoms with Crippen LogP contribution in [0.2, 0.25) is 0 Å². The van der Waals surface area contributed by atoms with Gasteiger partial charge in [0, 0.05) is 19.0 Å². The van der Waals surface area contributed by atoms with E-state index in [1.807, 2.05) is 0 Å². The Kier molecular flexibility index (Phi) is 6.91. The molecule has 3 fully saturated rings. The number of imide groups is 1. The summed E-state index contributed by atoms with van der Waals surface area (Å²) in [6.07, 6.45) is 7.15. The van der Waals surface area contributed by atoms with Gasteiger partial charge in [0.25, 0.3) is 0 Å². The van der Waals surface area contributed by atoms with E-state index in [9.17, 15) is 14.4 Å². The van der Waals surface area contributed by atoms with Gasteiger partial charge in [0.15, 0.2) is 5.11 Å². The van der Waals surface area contributed by atoms with Gasteiger partial charge in [-0.05, 0) is 43.3 Å². The van der Waals surface area contributed by atoms with Crippen LogP contribution in [0.3, 0.4) is 0 Å². The minimum Gasteiger partial charge on any atom is -0.358 e. The molecule has 3 aliphatic rings. The molecule has 1 heterocycles. The van der Waals surface area contributed by atoms with Crippen LogP contribution >= 0.6 is 12.2 Å². The molecule has 3 amide bonds. The molecule has 2 saturated carbocycles. The predicted octanol–water partition coefficient (Wildman–Crippen LogP) is 1.87. The van der Waals surface area contributed by atoms with Crippen LogP contribution in [-0.2, 0) is 14.4 Å². The van der Waals surface area contributed by atoms with Crippen LogP contribution in [0.4, 0.5) is 0 Å².